The van der Waals surface area contributed by atoms with E-state index in [9.17, 15) is 0 Å². The first-order valence-electron chi connectivity index (χ1n) is 7.29. The number of hydrogen-bond acceptors (Lipinski definition) is 1. The van der Waals surface area contributed by atoms with Crippen molar-refractivity contribution >= 4 is 0 Å². The molecule has 1 aromatic heterocycles. The summed E-state index contributed by atoms with van der Waals surface area (Å²) in [6, 6.07) is 25.1. The van der Waals surface area contributed by atoms with Gasteiger partial charge in [-0.05, 0) is 23.3 Å². The molecule has 3 aromatic rings. The molecule has 0 amide bonds. The molecule has 104 valence electrons. The van der Waals surface area contributed by atoms with Crippen LogP contribution >= 0.6 is 0 Å². The Hall–Kier alpha value is -2.32. The minimum atomic E-state index is -0.243. The van der Waals surface area contributed by atoms with Crippen LogP contribution in [0.1, 0.15) is 22.9 Å². The molecule has 2 unspecified atom stereocenters. The summed E-state index contributed by atoms with van der Waals surface area (Å²) in [4.78, 5) is 3.30. The fourth-order valence-electron chi connectivity index (χ4n) is 3.08. The van der Waals surface area contributed by atoms with Crippen molar-refractivity contribution in [1.82, 2.24) is 4.98 Å². The van der Waals surface area contributed by atoms with Gasteiger partial charge in [0.1, 0.15) is 11.7 Å². The molecule has 2 aromatic carbocycles. The van der Waals surface area contributed by atoms with E-state index in [1.807, 2.05) is 24.4 Å². The van der Waals surface area contributed by atoms with Gasteiger partial charge in [-0.2, -0.15) is 0 Å². The molecule has 1 N–H and O–H groups in total. The molecule has 0 radical (unpaired) electrons. The Morgan fingerprint density at radius 3 is 2.24 bits per heavy atom. The second kappa shape index (κ2) is 4.90. The second-order valence-electron chi connectivity index (χ2n) is 5.54. The van der Waals surface area contributed by atoms with Crippen LogP contribution in [0.2, 0.25) is 0 Å². The van der Waals surface area contributed by atoms with Crippen molar-refractivity contribution in [3.63, 3.8) is 0 Å². The van der Waals surface area contributed by atoms with Crippen molar-refractivity contribution in [2.24, 2.45) is 0 Å². The van der Waals surface area contributed by atoms with E-state index >= 15 is 0 Å². The lowest BCUT2D eigenvalue weighted by Gasteiger charge is -2.13. The quantitative estimate of drug-likeness (QED) is 0.709. The predicted molar refractivity (Wildman–Crippen MR) is 82.9 cm³/mol. The summed E-state index contributed by atoms with van der Waals surface area (Å²) in [5.41, 5.74) is 3.45. The zero-order chi connectivity index (χ0) is 14.1. The first kappa shape index (κ1) is 12.4. The molecule has 2 nitrogen and oxygen atoms in total. The van der Waals surface area contributed by atoms with Crippen LogP contribution in [0, 0.1) is 0 Å². The summed E-state index contributed by atoms with van der Waals surface area (Å²) in [5, 5.41) is 0. The van der Waals surface area contributed by atoms with E-state index in [1.54, 1.807) is 0 Å². The topological polar surface area (TPSA) is 28.3 Å². The molecular formula is C19H17NO. The first-order chi connectivity index (χ1) is 10.4. The molecule has 0 aliphatic carbocycles. The monoisotopic (exact) mass is 275 g/mol. The fourth-order valence-corrected chi connectivity index (χ4v) is 3.08. The fraction of sp³-hybridized carbons (Fsp3) is 0.158. The third kappa shape index (κ3) is 2.18. The average Bonchev–Trinajstić information content (AvgIpc) is 3.05. The molecule has 1 aliphatic rings. The van der Waals surface area contributed by atoms with Crippen LogP contribution < -0.4 is 0 Å². The highest BCUT2D eigenvalue weighted by Crippen LogP contribution is 2.58. The molecule has 0 bridgehead atoms. The Balaban J connectivity index is 1.72. The van der Waals surface area contributed by atoms with Gasteiger partial charge in [-0.3, -0.25) is 0 Å². The normalized spacial score (nSPS) is 23.9. The number of epoxide rings is 1. The Morgan fingerprint density at radius 2 is 1.57 bits per heavy atom. The van der Waals surface area contributed by atoms with Gasteiger partial charge in [0.25, 0.3) is 0 Å². The lowest BCUT2D eigenvalue weighted by atomic mass is 9.88. The van der Waals surface area contributed by atoms with E-state index in [-0.39, 0.29) is 11.7 Å². The molecule has 2 heterocycles. The van der Waals surface area contributed by atoms with Gasteiger partial charge in [0.15, 0.2) is 0 Å². The van der Waals surface area contributed by atoms with Crippen molar-refractivity contribution < 1.29 is 4.74 Å². The lowest BCUT2D eigenvalue weighted by molar-refractivity contribution is 0.293. The SMILES string of the molecule is c1ccc(C2OC2(Cc2ccc[nH]2)c2ccccc2)cc1. The predicted octanol–water partition coefficient (Wildman–Crippen LogP) is 4.22. The summed E-state index contributed by atoms with van der Waals surface area (Å²) < 4.78 is 6.23. The van der Waals surface area contributed by atoms with E-state index in [2.05, 4.69) is 59.6 Å². The van der Waals surface area contributed by atoms with E-state index in [0.29, 0.717) is 0 Å². The van der Waals surface area contributed by atoms with Crippen LogP contribution in [0.5, 0.6) is 0 Å². The standard InChI is InChI=1S/C19H17NO/c1-3-8-15(9-4-1)18-19(21-18,14-17-12-7-13-20-17)16-10-5-2-6-11-16/h1-13,18,20H,14H2. The summed E-state index contributed by atoms with van der Waals surface area (Å²) in [6.45, 7) is 0. The molecule has 1 fully saturated rings. The minimum absolute atomic E-state index is 0.129. The Labute approximate surface area is 124 Å². The number of benzene rings is 2. The smallest absolute Gasteiger partial charge is 0.130 e. The Morgan fingerprint density at radius 1 is 0.857 bits per heavy atom. The zero-order valence-electron chi connectivity index (χ0n) is 11.7. The summed E-state index contributed by atoms with van der Waals surface area (Å²) in [5.74, 6) is 0. The van der Waals surface area contributed by atoms with Gasteiger partial charge in [-0.15, -0.1) is 0 Å². The van der Waals surface area contributed by atoms with E-state index in [0.717, 1.165) is 6.42 Å². The molecule has 21 heavy (non-hydrogen) atoms. The highest BCUT2D eigenvalue weighted by atomic mass is 16.6. The lowest BCUT2D eigenvalue weighted by Crippen LogP contribution is -2.14. The van der Waals surface area contributed by atoms with Crippen molar-refractivity contribution in [3.8, 4) is 0 Å². The third-order valence-corrected chi connectivity index (χ3v) is 4.17. The van der Waals surface area contributed by atoms with Crippen molar-refractivity contribution in [1.29, 1.82) is 0 Å². The van der Waals surface area contributed by atoms with Crippen LogP contribution in [0.25, 0.3) is 0 Å². The van der Waals surface area contributed by atoms with Gasteiger partial charge in [-0.25, -0.2) is 0 Å². The van der Waals surface area contributed by atoms with Gasteiger partial charge >= 0.3 is 0 Å². The first-order valence-corrected chi connectivity index (χ1v) is 7.29. The second-order valence-corrected chi connectivity index (χ2v) is 5.54. The third-order valence-electron chi connectivity index (χ3n) is 4.17. The summed E-state index contributed by atoms with van der Waals surface area (Å²) in [6.07, 6.45) is 2.96. The molecule has 2 heteroatoms. The van der Waals surface area contributed by atoms with Crippen molar-refractivity contribution in [3.05, 3.63) is 95.8 Å². The number of aromatic amines is 1. The number of aromatic nitrogens is 1. The largest absolute Gasteiger partial charge is 0.365 e. The average molecular weight is 275 g/mol. The van der Waals surface area contributed by atoms with Crippen LogP contribution in [0.4, 0.5) is 0 Å². The molecule has 4 rings (SSSR count). The van der Waals surface area contributed by atoms with Crippen LogP contribution in [-0.2, 0) is 16.8 Å². The van der Waals surface area contributed by atoms with Crippen LogP contribution in [0.15, 0.2) is 79.0 Å². The van der Waals surface area contributed by atoms with E-state index < -0.39 is 0 Å². The number of nitrogens with one attached hydrogen (secondary N) is 1. The van der Waals surface area contributed by atoms with Crippen molar-refractivity contribution in [2.45, 2.75) is 18.1 Å². The van der Waals surface area contributed by atoms with Crippen LogP contribution in [0.3, 0.4) is 0 Å². The highest BCUT2D eigenvalue weighted by Gasteiger charge is 2.58. The van der Waals surface area contributed by atoms with Crippen molar-refractivity contribution in [2.75, 3.05) is 0 Å². The number of rotatable bonds is 4. The maximum absolute atomic E-state index is 6.23. The molecule has 1 saturated heterocycles. The number of H-pyrrole nitrogens is 1. The maximum atomic E-state index is 6.23. The van der Waals surface area contributed by atoms with Crippen LogP contribution in [-0.4, -0.2) is 4.98 Å². The molecular weight excluding hydrogens is 258 g/mol. The number of hydrogen-bond donors (Lipinski definition) is 1. The van der Waals surface area contributed by atoms with E-state index in [4.69, 9.17) is 4.74 Å². The molecule has 0 saturated carbocycles. The molecule has 1 aliphatic heterocycles. The molecule has 0 spiro atoms. The number of ether oxygens (including phenoxy) is 1. The van der Waals surface area contributed by atoms with Gasteiger partial charge in [0.2, 0.25) is 0 Å². The van der Waals surface area contributed by atoms with Gasteiger partial charge < -0.3 is 9.72 Å². The summed E-state index contributed by atoms with van der Waals surface area (Å²) >= 11 is 0. The molecule has 2 atom stereocenters. The Kier molecular flexibility index (Phi) is 2.90. The zero-order valence-corrected chi connectivity index (χ0v) is 11.7. The highest BCUT2D eigenvalue weighted by molar-refractivity contribution is 5.37. The summed E-state index contributed by atoms with van der Waals surface area (Å²) in [7, 11) is 0. The minimum Gasteiger partial charge on any atom is -0.365 e. The van der Waals surface area contributed by atoms with Gasteiger partial charge in [-0.1, -0.05) is 60.7 Å². The van der Waals surface area contributed by atoms with E-state index in [1.165, 1.54) is 16.8 Å². The van der Waals surface area contributed by atoms with Gasteiger partial charge in [0.05, 0.1) is 0 Å². The Bertz CT molecular complexity index is 706. The maximum Gasteiger partial charge on any atom is 0.130 e. The van der Waals surface area contributed by atoms with Gasteiger partial charge in [0, 0.05) is 18.3 Å².